The van der Waals surface area contributed by atoms with Crippen LogP contribution in [0.2, 0.25) is 0 Å². The van der Waals surface area contributed by atoms with Crippen LogP contribution < -0.4 is 20.7 Å². The molecule has 1 fully saturated rings. The Morgan fingerprint density at radius 3 is 2.57 bits per heavy atom. The van der Waals surface area contributed by atoms with Crippen LogP contribution in [-0.2, 0) is 19.2 Å². The van der Waals surface area contributed by atoms with E-state index in [0.717, 1.165) is 0 Å². The topological polar surface area (TPSA) is 137 Å². The predicted molar refractivity (Wildman–Crippen MR) is 126 cm³/mol. The number of nitrogens with zero attached hydrogens (tertiary/aromatic N) is 2. The van der Waals surface area contributed by atoms with Crippen molar-refractivity contribution in [3.8, 4) is 5.75 Å². The molecule has 0 unspecified atom stereocenters. The second-order valence-electron chi connectivity index (χ2n) is 8.88. The lowest BCUT2D eigenvalue weighted by atomic mass is 9.97. The fourth-order valence-corrected chi connectivity index (χ4v) is 4.00. The van der Waals surface area contributed by atoms with Gasteiger partial charge in [-0.2, -0.15) is 0 Å². The third-order valence-corrected chi connectivity index (χ3v) is 6.33. The van der Waals surface area contributed by atoms with Gasteiger partial charge in [-0.25, -0.2) is 0 Å². The average molecular weight is 488 g/mol. The van der Waals surface area contributed by atoms with Crippen LogP contribution >= 0.6 is 0 Å². The van der Waals surface area contributed by atoms with E-state index in [2.05, 4.69) is 16.0 Å². The van der Waals surface area contributed by atoms with E-state index in [1.165, 1.54) is 9.80 Å². The van der Waals surface area contributed by atoms with Crippen LogP contribution in [0.15, 0.2) is 24.3 Å². The Hall–Kier alpha value is -3.63. The number of likely N-dealkylation sites (N-methyl/N-ethyl adjacent to an activating group) is 1. The summed E-state index contributed by atoms with van der Waals surface area (Å²) in [5, 5.41) is 8.05. The van der Waals surface area contributed by atoms with Crippen molar-refractivity contribution >= 4 is 29.5 Å². The summed E-state index contributed by atoms with van der Waals surface area (Å²) >= 11 is 0. The summed E-state index contributed by atoms with van der Waals surface area (Å²) in [5.41, 5.74) is 0.200. The fraction of sp³-hybridized carbons (Fsp3) is 0.542. The van der Waals surface area contributed by atoms with Gasteiger partial charge in [0.1, 0.15) is 24.4 Å². The lowest BCUT2D eigenvalue weighted by Gasteiger charge is -2.32. The Bertz CT molecular complexity index is 983. The first-order chi connectivity index (χ1) is 16.7. The van der Waals surface area contributed by atoms with Gasteiger partial charge in [0.2, 0.25) is 23.6 Å². The van der Waals surface area contributed by atoms with Gasteiger partial charge in [-0.3, -0.25) is 24.0 Å². The van der Waals surface area contributed by atoms with Gasteiger partial charge in [0, 0.05) is 20.1 Å². The number of ether oxygens (including phenoxy) is 1. The molecule has 35 heavy (non-hydrogen) atoms. The second-order valence-corrected chi connectivity index (χ2v) is 8.88. The second kappa shape index (κ2) is 11.7. The average Bonchev–Trinajstić information content (AvgIpc) is 2.85. The van der Waals surface area contributed by atoms with E-state index in [-0.39, 0.29) is 62.5 Å². The minimum atomic E-state index is -1.23. The highest BCUT2D eigenvalue weighted by atomic mass is 16.5. The maximum atomic E-state index is 13.3. The molecule has 11 nitrogen and oxygen atoms in total. The van der Waals surface area contributed by atoms with Crippen LogP contribution in [0.5, 0.6) is 5.75 Å². The van der Waals surface area contributed by atoms with Gasteiger partial charge < -0.3 is 30.5 Å². The maximum Gasteiger partial charge on any atom is 0.255 e. The van der Waals surface area contributed by atoms with Gasteiger partial charge in [-0.05, 0) is 18.1 Å². The van der Waals surface area contributed by atoms with Gasteiger partial charge >= 0.3 is 0 Å². The van der Waals surface area contributed by atoms with Crippen molar-refractivity contribution in [2.75, 3.05) is 39.8 Å². The molecule has 0 bridgehead atoms. The van der Waals surface area contributed by atoms with Crippen molar-refractivity contribution in [1.82, 2.24) is 25.8 Å². The van der Waals surface area contributed by atoms with Crippen LogP contribution in [0, 0.1) is 5.92 Å². The Labute approximate surface area is 204 Å². The number of nitrogens with one attached hydrogen (secondary N) is 3. The molecule has 3 atom stereocenters. The number of amides is 5. The highest BCUT2D eigenvalue weighted by molar-refractivity contribution is 6.01. The van der Waals surface area contributed by atoms with Crippen LogP contribution in [0.3, 0.4) is 0 Å². The van der Waals surface area contributed by atoms with Gasteiger partial charge in [0.05, 0.1) is 25.1 Å². The number of carbonyl (C=O) groups is 5. The van der Waals surface area contributed by atoms with Crippen molar-refractivity contribution in [3.63, 3.8) is 0 Å². The molecule has 0 aliphatic carbocycles. The lowest BCUT2D eigenvalue weighted by molar-refractivity contribution is -0.141. The molecule has 1 aromatic rings. The standard InChI is InChI=1S/C24H33N5O6/c1-4-15(2)21-24(34)28(3)11-12-35-18-8-6-5-7-16(18)22(32)26-17(13-19(30)27-21)23(33)29-10-9-25-20(31)14-29/h5-8,15,17,21H,4,9-14H2,1-3H3,(H,25,31)(H,26,32)(H,27,30)/t15-,17-,21-/m0/s1. The molecule has 2 heterocycles. The molecule has 11 heteroatoms. The van der Waals surface area contributed by atoms with Crippen molar-refractivity contribution in [3.05, 3.63) is 29.8 Å². The molecule has 1 aromatic carbocycles. The van der Waals surface area contributed by atoms with E-state index in [1.54, 1.807) is 31.3 Å². The van der Waals surface area contributed by atoms with Crippen molar-refractivity contribution in [2.45, 2.75) is 38.8 Å². The highest BCUT2D eigenvalue weighted by Gasteiger charge is 2.34. The zero-order valence-electron chi connectivity index (χ0n) is 20.3. The summed E-state index contributed by atoms with van der Waals surface area (Å²) in [5.74, 6) is -2.09. The van der Waals surface area contributed by atoms with E-state index < -0.39 is 29.8 Å². The number of hydrogen-bond acceptors (Lipinski definition) is 6. The Morgan fingerprint density at radius 1 is 1.11 bits per heavy atom. The van der Waals surface area contributed by atoms with Gasteiger partial charge in [-0.15, -0.1) is 0 Å². The number of fused-ring (bicyclic) bond motifs is 1. The summed E-state index contributed by atoms with van der Waals surface area (Å²) in [4.78, 5) is 67.2. The molecule has 1 saturated heterocycles. The lowest BCUT2D eigenvalue weighted by Crippen LogP contribution is -2.57. The SMILES string of the molecule is CC[C@H](C)[C@@H]1NC(=O)C[C@@H](C(=O)N2CCNC(=O)C2)NC(=O)c2ccccc2OCCN(C)C1=O. The summed E-state index contributed by atoms with van der Waals surface area (Å²) in [6.45, 7) is 4.56. The third kappa shape index (κ3) is 6.49. The molecule has 2 aliphatic rings. The summed E-state index contributed by atoms with van der Waals surface area (Å²) in [6, 6.07) is 4.54. The first-order valence-corrected chi connectivity index (χ1v) is 11.8. The molecule has 0 aromatic heterocycles. The zero-order valence-corrected chi connectivity index (χ0v) is 20.3. The largest absolute Gasteiger partial charge is 0.491 e. The minimum Gasteiger partial charge on any atom is -0.491 e. The molecular formula is C24H33N5O6. The third-order valence-electron chi connectivity index (χ3n) is 6.33. The summed E-state index contributed by atoms with van der Waals surface area (Å²) < 4.78 is 5.80. The number of rotatable bonds is 3. The molecule has 3 rings (SSSR count). The Balaban J connectivity index is 1.94. The minimum absolute atomic E-state index is 0.138. The van der Waals surface area contributed by atoms with Crippen LogP contribution in [0.4, 0.5) is 0 Å². The van der Waals surface area contributed by atoms with Crippen molar-refractivity contribution < 1.29 is 28.7 Å². The number of para-hydroxylation sites is 1. The van der Waals surface area contributed by atoms with Gasteiger partial charge in [-0.1, -0.05) is 32.4 Å². The highest BCUT2D eigenvalue weighted by Crippen LogP contribution is 2.19. The van der Waals surface area contributed by atoms with E-state index in [0.29, 0.717) is 12.2 Å². The summed E-state index contributed by atoms with van der Waals surface area (Å²) in [7, 11) is 1.63. The number of carbonyl (C=O) groups excluding carboxylic acids is 5. The van der Waals surface area contributed by atoms with Gasteiger partial charge in [0.25, 0.3) is 5.91 Å². The van der Waals surface area contributed by atoms with E-state index in [9.17, 15) is 24.0 Å². The fourth-order valence-electron chi connectivity index (χ4n) is 4.00. The molecule has 0 spiro atoms. The normalized spacial score (nSPS) is 23.2. The molecule has 0 radical (unpaired) electrons. The van der Waals surface area contributed by atoms with Crippen LogP contribution in [0.1, 0.15) is 37.0 Å². The van der Waals surface area contributed by atoms with Crippen molar-refractivity contribution in [2.24, 2.45) is 5.92 Å². The molecule has 2 aliphatic heterocycles. The first kappa shape index (κ1) is 26.0. The maximum absolute atomic E-state index is 13.3. The Kier molecular flexibility index (Phi) is 8.67. The molecular weight excluding hydrogens is 454 g/mol. The van der Waals surface area contributed by atoms with E-state index in [4.69, 9.17) is 4.74 Å². The zero-order chi connectivity index (χ0) is 25.5. The number of hydrogen-bond donors (Lipinski definition) is 3. The number of benzene rings is 1. The molecule has 3 N–H and O–H groups in total. The number of piperazine rings is 1. The first-order valence-electron chi connectivity index (χ1n) is 11.8. The van der Waals surface area contributed by atoms with Gasteiger partial charge in [0.15, 0.2) is 0 Å². The van der Waals surface area contributed by atoms with Crippen LogP contribution in [0.25, 0.3) is 0 Å². The summed E-state index contributed by atoms with van der Waals surface area (Å²) in [6.07, 6.45) is 0.270. The van der Waals surface area contributed by atoms with Crippen LogP contribution in [-0.4, -0.2) is 91.3 Å². The molecule has 0 saturated carbocycles. The predicted octanol–water partition coefficient (Wildman–Crippen LogP) is -0.485. The quantitative estimate of drug-likeness (QED) is 0.527. The van der Waals surface area contributed by atoms with Crippen molar-refractivity contribution in [1.29, 1.82) is 0 Å². The van der Waals surface area contributed by atoms with E-state index >= 15 is 0 Å². The smallest absolute Gasteiger partial charge is 0.255 e. The van der Waals surface area contributed by atoms with E-state index in [1.807, 2.05) is 13.8 Å². The molecule has 190 valence electrons. The molecule has 5 amide bonds. The Morgan fingerprint density at radius 2 is 1.86 bits per heavy atom. The monoisotopic (exact) mass is 487 g/mol.